The summed E-state index contributed by atoms with van der Waals surface area (Å²) in [6.07, 6.45) is -0.310. The highest BCUT2D eigenvalue weighted by molar-refractivity contribution is 5.78. The molecule has 0 unspecified atom stereocenters. The van der Waals surface area contributed by atoms with Crippen LogP contribution in [-0.2, 0) is 19.1 Å². The highest BCUT2D eigenvalue weighted by Crippen LogP contribution is 2.09. The molecule has 1 rings (SSSR count). The van der Waals surface area contributed by atoms with Gasteiger partial charge in [-0.15, -0.1) is 0 Å². The van der Waals surface area contributed by atoms with Gasteiger partial charge in [-0.1, -0.05) is 18.2 Å². The fourth-order valence-electron chi connectivity index (χ4n) is 0.880. The van der Waals surface area contributed by atoms with E-state index in [0.717, 1.165) is 0 Å². The van der Waals surface area contributed by atoms with E-state index in [4.69, 9.17) is 9.84 Å². The first-order valence-electron chi connectivity index (χ1n) is 5.47. The van der Waals surface area contributed by atoms with Crippen LogP contribution in [-0.4, -0.2) is 30.1 Å². The number of para-hydroxylation sites is 1. The van der Waals surface area contributed by atoms with E-state index < -0.39 is 11.9 Å². The molecule has 104 valence electrons. The van der Waals surface area contributed by atoms with Crippen LogP contribution in [0.5, 0.6) is 5.75 Å². The molecule has 1 aromatic carbocycles. The van der Waals surface area contributed by atoms with Crippen LogP contribution in [0.25, 0.3) is 0 Å². The van der Waals surface area contributed by atoms with Crippen LogP contribution < -0.4 is 4.74 Å². The second-order valence-corrected chi connectivity index (χ2v) is 3.38. The Hall–Kier alpha value is -2.37. The maximum absolute atomic E-state index is 11.0. The monoisotopic (exact) mass is 268 g/mol. The number of methoxy groups -OCH3 is 1. The SMILES string of the molecule is COC(C)=O.O=C(O)CCC(=O)Oc1ccccc1. The Morgan fingerprint density at radius 1 is 1.11 bits per heavy atom. The zero-order chi connectivity index (χ0) is 14.7. The summed E-state index contributed by atoms with van der Waals surface area (Å²) >= 11 is 0. The predicted octanol–water partition coefficient (Wildman–Crippen LogP) is 1.64. The van der Waals surface area contributed by atoms with E-state index in [1.54, 1.807) is 30.3 Å². The number of carboxylic acids is 1. The van der Waals surface area contributed by atoms with Crippen LogP contribution in [0.4, 0.5) is 0 Å². The maximum atomic E-state index is 11.0. The Labute approximate surface area is 110 Å². The lowest BCUT2D eigenvalue weighted by atomic mass is 10.3. The first-order chi connectivity index (χ1) is 8.95. The highest BCUT2D eigenvalue weighted by Gasteiger charge is 2.06. The summed E-state index contributed by atoms with van der Waals surface area (Å²) in [4.78, 5) is 30.8. The van der Waals surface area contributed by atoms with Crippen molar-refractivity contribution in [2.75, 3.05) is 7.11 Å². The lowest BCUT2D eigenvalue weighted by Crippen LogP contribution is -2.09. The molecule has 0 aromatic heterocycles. The van der Waals surface area contributed by atoms with E-state index >= 15 is 0 Å². The van der Waals surface area contributed by atoms with Crippen molar-refractivity contribution < 1.29 is 29.0 Å². The molecule has 1 N–H and O–H groups in total. The summed E-state index contributed by atoms with van der Waals surface area (Å²) in [5, 5.41) is 8.32. The van der Waals surface area contributed by atoms with Crippen molar-refractivity contribution >= 4 is 17.9 Å². The number of aliphatic carboxylic acids is 1. The molecule has 0 spiro atoms. The number of hydrogen-bond donors (Lipinski definition) is 1. The topological polar surface area (TPSA) is 89.9 Å². The van der Waals surface area contributed by atoms with Gasteiger partial charge in [0, 0.05) is 6.92 Å². The average Bonchev–Trinajstić information content (AvgIpc) is 2.38. The number of rotatable bonds is 4. The van der Waals surface area contributed by atoms with Crippen LogP contribution in [0.15, 0.2) is 30.3 Å². The lowest BCUT2D eigenvalue weighted by Gasteiger charge is -2.01. The summed E-state index contributed by atoms with van der Waals surface area (Å²) in [6.45, 7) is 1.36. The second-order valence-electron chi connectivity index (χ2n) is 3.38. The van der Waals surface area contributed by atoms with E-state index in [9.17, 15) is 14.4 Å². The number of hydrogen-bond acceptors (Lipinski definition) is 5. The van der Waals surface area contributed by atoms with Crippen molar-refractivity contribution in [1.82, 2.24) is 0 Å². The van der Waals surface area contributed by atoms with Gasteiger partial charge >= 0.3 is 17.9 Å². The highest BCUT2D eigenvalue weighted by atomic mass is 16.5. The van der Waals surface area contributed by atoms with Crippen molar-refractivity contribution in [3.8, 4) is 5.75 Å². The van der Waals surface area contributed by atoms with Crippen molar-refractivity contribution in [1.29, 1.82) is 0 Å². The van der Waals surface area contributed by atoms with Gasteiger partial charge in [0.15, 0.2) is 0 Å². The van der Waals surface area contributed by atoms with Crippen molar-refractivity contribution in [3.05, 3.63) is 30.3 Å². The Kier molecular flexibility index (Phi) is 8.44. The standard InChI is InChI=1S/C10H10O4.C3H6O2/c11-9(12)6-7-10(13)14-8-4-2-1-3-5-8;1-3(4)5-2/h1-5H,6-7H2,(H,11,12);1-2H3. The van der Waals surface area contributed by atoms with E-state index in [1.165, 1.54) is 14.0 Å². The fraction of sp³-hybridized carbons (Fsp3) is 0.308. The summed E-state index contributed by atoms with van der Waals surface area (Å²) in [5.74, 6) is -1.35. The third-order valence-corrected chi connectivity index (χ3v) is 1.81. The molecule has 0 aliphatic rings. The van der Waals surface area contributed by atoms with Gasteiger partial charge in [-0.25, -0.2) is 0 Å². The molecule has 0 atom stereocenters. The molecular formula is C13H16O6. The summed E-state index contributed by atoms with van der Waals surface area (Å²) < 4.78 is 8.97. The van der Waals surface area contributed by atoms with Crippen LogP contribution in [0.2, 0.25) is 0 Å². The summed E-state index contributed by atoms with van der Waals surface area (Å²) in [7, 11) is 1.35. The van der Waals surface area contributed by atoms with Crippen LogP contribution in [0.1, 0.15) is 19.8 Å². The van der Waals surface area contributed by atoms with Crippen molar-refractivity contribution in [2.45, 2.75) is 19.8 Å². The molecule has 0 aliphatic heterocycles. The normalized spacial score (nSPS) is 8.74. The molecule has 1 aromatic rings. The minimum absolute atomic E-state index is 0.107. The maximum Gasteiger partial charge on any atom is 0.311 e. The first-order valence-corrected chi connectivity index (χ1v) is 5.47. The largest absolute Gasteiger partial charge is 0.481 e. The Morgan fingerprint density at radius 3 is 2.05 bits per heavy atom. The fourth-order valence-corrected chi connectivity index (χ4v) is 0.880. The van der Waals surface area contributed by atoms with Gasteiger partial charge in [0.05, 0.1) is 20.0 Å². The summed E-state index contributed by atoms with van der Waals surface area (Å²) in [5.41, 5.74) is 0. The molecule has 0 bridgehead atoms. The summed E-state index contributed by atoms with van der Waals surface area (Å²) in [6, 6.07) is 8.55. The van der Waals surface area contributed by atoms with Crippen LogP contribution >= 0.6 is 0 Å². The van der Waals surface area contributed by atoms with Crippen LogP contribution in [0.3, 0.4) is 0 Å². The molecular weight excluding hydrogens is 252 g/mol. The molecule has 0 heterocycles. The zero-order valence-corrected chi connectivity index (χ0v) is 10.8. The molecule has 0 fully saturated rings. The minimum atomic E-state index is -1.00. The van der Waals surface area contributed by atoms with E-state index in [0.29, 0.717) is 5.75 Å². The first kappa shape index (κ1) is 16.6. The van der Waals surface area contributed by atoms with Gasteiger partial charge in [0.1, 0.15) is 5.75 Å². The Balaban J connectivity index is 0.000000555. The van der Waals surface area contributed by atoms with Gasteiger partial charge in [0.2, 0.25) is 0 Å². The molecule has 6 heteroatoms. The quantitative estimate of drug-likeness (QED) is 0.659. The van der Waals surface area contributed by atoms with Gasteiger partial charge in [-0.3, -0.25) is 14.4 Å². The third-order valence-electron chi connectivity index (χ3n) is 1.81. The number of carbonyl (C=O) groups is 3. The van der Waals surface area contributed by atoms with E-state index in [1.807, 2.05) is 0 Å². The molecule has 0 amide bonds. The molecule has 0 saturated heterocycles. The van der Waals surface area contributed by atoms with Crippen molar-refractivity contribution in [2.24, 2.45) is 0 Å². The van der Waals surface area contributed by atoms with Gasteiger partial charge in [0.25, 0.3) is 0 Å². The van der Waals surface area contributed by atoms with Gasteiger partial charge in [-0.2, -0.15) is 0 Å². The number of esters is 2. The predicted molar refractivity (Wildman–Crippen MR) is 66.6 cm³/mol. The Bertz CT molecular complexity index is 412. The molecule has 6 nitrogen and oxygen atoms in total. The average molecular weight is 268 g/mol. The van der Waals surface area contributed by atoms with Crippen LogP contribution in [0, 0.1) is 0 Å². The number of ether oxygens (including phenoxy) is 2. The zero-order valence-electron chi connectivity index (χ0n) is 10.8. The molecule has 19 heavy (non-hydrogen) atoms. The lowest BCUT2D eigenvalue weighted by molar-refractivity contribution is -0.142. The number of benzene rings is 1. The second kappa shape index (κ2) is 9.64. The Morgan fingerprint density at radius 2 is 1.63 bits per heavy atom. The van der Waals surface area contributed by atoms with Crippen molar-refractivity contribution in [3.63, 3.8) is 0 Å². The molecule has 0 radical (unpaired) electrons. The molecule has 0 aliphatic carbocycles. The minimum Gasteiger partial charge on any atom is -0.481 e. The van der Waals surface area contributed by atoms with Gasteiger partial charge < -0.3 is 14.6 Å². The third kappa shape index (κ3) is 10.5. The van der Waals surface area contributed by atoms with Gasteiger partial charge in [-0.05, 0) is 12.1 Å². The molecule has 0 saturated carbocycles. The van der Waals surface area contributed by atoms with E-state index in [2.05, 4.69) is 4.74 Å². The number of carbonyl (C=O) groups excluding carboxylic acids is 2. The smallest absolute Gasteiger partial charge is 0.311 e. The van der Waals surface area contributed by atoms with E-state index in [-0.39, 0.29) is 18.8 Å². The number of carboxylic acid groups (broad SMARTS) is 1.